The molecule has 0 spiro atoms. The Morgan fingerprint density at radius 2 is 2.00 bits per heavy atom. The zero-order valence-electron chi connectivity index (χ0n) is 10.4. The van der Waals surface area contributed by atoms with Gasteiger partial charge < -0.3 is 4.90 Å². The summed E-state index contributed by atoms with van der Waals surface area (Å²) in [7, 11) is -3.15. The van der Waals surface area contributed by atoms with Crippen molar-refractivity contribution in [2.45, 2.75) is 18.9 Å². The summed E-state index contributed by atoms with van der Waals surface area (Å²) in [6.07, 6.45) is 4.20. The van der Waals surface area contributed by atoms with Crippen molar-refractivity contribution in [1.29, 1.82) is 0 Å². The number of halogens is 2. The molecule has 8 heteroatoms. The van der Waals surface area contributed by atoms with Crippen LogP contribution in [0.2, 0.25) is 10.0 Å². The Morgan fingerprint density at radius 3 is 2.53 bits per heavy atom. The zero-order valence-corrected chi connectivity index (χ0v) is 12.8. The van der Waals surface area contributed by atoms with Crippen LogP contribution >= 0.6 is 23.2 Å². The third kappa shape index (κ3) is 4.21. The van der Waals surface area contributed by atoms with Crippen LogP contribution in [0.15, 0.2) is 12.3 Å². The van der Waals surface area contributed by atoms with Gasteiger partial charge in [-0.2, -0.15) is 0 Å². The molecule has 1 N–H and O–H groups in total. The maximum Gasteiger partial charge on any atom is 0.208 e. The number of piperidine rings is 1. The molecule has 0 bridgehead atoms. The van der Waals surface area contributed by atoms with Crippen LogP contribution in [-0.4, -0.2) is 38.8 Å². The van der Waals surface area contributed by atoms with Crippen molar-refractivity contribution in [1.82, 2.24) is 9.71 Å². The molecule has 0 radical (unpaired) electrons. The molecule has 2 rings (SSSR count). The van der Waals surface area contributed by atoms with E-state index in [1.807, 2.05) is 4.90 Å². The molecule has 0 saturated carbocycles. The molecule has 0 aromatic carbocycles. The van der Waals surface area contributed by atoms with E-state index in [4.69, 9.17) is 23.2 Å². The largest absolute Gasteiger partial charge is 0.355 e. The predicted octanol–water partition coefficient (Wildman–Crippen LogP) is 1.91. The van der Waals surface area contributed by atoms with Gasteiger partial charge in [-0.15, -0.1) is 0 Å². The molecule has 1 aromatic rings. The summed E-state index contributed by atoms with van der Waals surface area (Å²) in [4.78, 5) is 6.27. The molecule has 19 heavy (non-hydrogen) atoms. The number of pyridine rings is 1. The van der Waals surface area contributed by atoms with E-state index in [0.717, 1.165) is 12.8 Å². The lowest BCUT2D eigenvalue weighted by Crippen LogP contribution is -2.44. The van der Waals surface area contributed by atoms with Crippen molar-refractivity contribution in [3.05, 3.63) is 22.3 Å². The van der Waals surface area contributed by atoms with E-state index < -0.39 is 10.0 Å². The highest BCUT2D eigenvalue weighted by molar-refractivity contribution is 7.88. The van der Waals surface area contributed by atoms with E-state index in [-0.39, 0.29) is 6.04 Å². The second-order valence-corrected chi connectivity index (χ2v) is 7.23. The molecule has 1 fully saturated rings. The van der Waals surface area contributed by atoms with Crippen LogP contribution in [0.4, 0.5) is 5.82 Å². The van der Waals surface area contributed by atoms with Crippen LogP contribution in [0, 0.1) is 0 Å². The minimum absolute atomic E-state index is 0.0164. The molecule has 5 nitrogen and oxygen atoms in total. The summed E-state index contributed by atoms with van der Waals surface area (Å²) < 4.78 is 25.0. The monoisotopic (exact) mass is 323 g/mol. The van der Waals surface area contributed by atoms with Gasteiger partial charge in [0.15, 0.2) is 0 Å². The number of hydrogen-bond acceptors (Lipinski definition) is 4. The second-order valence-electron chi connectivity index (χ2n) is 4.61. The summed E-state index contributed by atoms with van der Waals surface area (Å²) in [5, 5.41) is 1.02. The van der Waals surface area contributed by atoms with Gasteiger partial charge in [0, 0.05) is 25.3 Å². The molecule has 0 unspecified atom stereocenters. The van der Waals surface area contributed by atoms with Gasteiger partial charge in [-0.3, -0.25) is 0 Å². The first kappa shape index (κ1) is 14.8. The van der Waals surface area contributed by atoms with E-state index >= 15 is 0 Å². The molecule has 1 aliphatic rings. The molecule has 106 valence electrons. The lowest BCUT2D eigenvalue weighted by Gasteiger charge is -2.33. The average molecular weight is 324 g/mol. The molecular weight excluding hydrogens is 309 g/mol. The Morgan fingerprint density at radius 1 is 1.37 bits per heavy atom. The minimum Gasteiger partial charge on any atom is -0.355 e. The van der Waals surface area contributed by atoms with Crippen LogP contribution in [-0.2, 0) is 10.0 Å². The third-order valence-electron chi connectivity index (χ3n) is 2.96. The highest BCUT2D eigenvalue weighted by Gasteiger charge is 2.23. The maximum atomic E-state index is 11.2. The van der Waals surface area contributed by atoms with E-state index in [0.29, 0.717) is 29.0 Å². The summed E-state index contributed by atoms with van der Waals surface area (Å²) in [6, 6.07) is 1.64. The summed E-state index contributed by atoms with van der Waals surface area (Å²) in [6.45, 7) is 1.42. The van der Waals surface area contributed by atoms with Crippen LogP contribution in [0.5, 0.6) is 0 Å². The molecule has 0 atom stereocenters. The van der Waals surface area contributed by atoms with Crippen LogP contribution in [0.25, 0.3) is 0 Å². The predicted molar refractivity (Wildman–Crippen MR) is 77.5 cm³/mol. The van der Waals surface area contributed by atoms with Crippen LogP contribution in [0.1, 0.15) is 12.8 Å². The number of sulfonamides is 1. The maximum absolute atomic E-state index is 11.2. The highest BCUT2D eigenvalue weighted by atomic mass is 35.5. The third-order valence-corrected chi connectivity index (χ3v) is 4.21. The molecular formula is C11H15Cl2N3O2S. The van der Waals surface area contributed by atoms with Gasteiger partial charge in [-0.1, -0.05) is 23.2 Å². The fraction of sp³-hybridized carbons (Fsp3) is 0.545. The van der Waals surface area contributed by atoms with E-state index in [1.165, 1.54) is 6.26 Å². The number of hydrogen-bond donors (Lipinski definition) is 1. The zero-order chi connectivity index (χ0) is 14.0. The molecule has 0 amide bonds. The summed E-state index contributed by atoms with van der Waals surface area (Å²) in [5.41, 5.74) is 0. The Kier molecular flexibility index (Phi) is 4.55. The van der Waals surface area contributed by atoms with Gasteiger partial charge >= 0.3 is 0 Å². The summed E-state index contributed by atoms with van der Waals surface area (Å²) in [5.74, 6) is 0.698. The average Bonchev–Trinajstić information content (AvgIpc) is 2.28. The lowest BCUT2D eigenvalue weighted by molar-refractivity contribution is 0.460. The van der Waals surface area contributed by atoms with Crippen molar-refractivity contribution >= 4 is 39.0 Å². The van der Waals surface area contributed by atoms with Gasteiger partial charge in [-0.05, 0) is 18.9 Å². The van der Waals surface area contributed by atoms with Crippen LogP contribution < -0.4 is 9.62 Å². The van der Waals surface area contributed by atoms with Crippen molar-refractivity contribution in [2.75, 3.05) is 24.2 Å². The van der Waals surface area contributed by atoms with E-state index in [9.17, 15) is 8.42 Å². The fourth-order valence-corrected chi connectivity index (χ4v) is 3.49. The Labute approximate surface area is 123 Å². The van der Waals surface area contributed by atoms with Crippen molar-refractivity contribution in [3.63, 3.8) is 0 Å². The van der Waals surface area contributed by atoms with Gasteiger partial charge in [-0.25, -0.2) is 18.1 Å². The molecule has 1 saturated heterocycles. The first-order chi connectivity index (χ1) is 8.85. The number of nitrogens with one attached hydrogen (secondary N) is 1. The highest BCUT2D eigenvalue weighted by Crippen LogP contribution is 2.28. The van der Waals surface area contributed by atoms with E-state index in [1.54, 1.807) is 12.3 Å². The second kappa shape index (κ2) is 5.83. The topological polar surface area (TPSA) is 62.3 Å². The smallest absolute Gasteiger partial charge is 0.208 e. The number of nitrogens with zero attached hydrogens (tertiary/aromatic N) is 2. The number of rotatable bonds is 3. The van der Waals surface area contributed by atoms with Gasteiger partial charge in [0.05, 0.1) is 16.3 Å². The van der Waals surface area contributed by atoms with Crippen LogP contribution in [0.3, 0.4) is 0 Å². The van der Waals surface area contributed by atoms with Gasteiger partial charge in [0.25, 0.3) is 0 Å². The van der Waals surface area contributed by atoms with Crippen molar-refractivity contribution < 1.29 is 8.42 Å². The Hall–Kier alpha value is -0.560. The molecule has 2 heterocycles. The first-order valence-electron chi connectivity index (χ1n) is 5.88. The standard InChI is InChI=1S/C11H15Cl2N3O2S/c1-19(17,18)15-9-2-4-16(5-3-9)11-10(13)6-8(12)7-14-11/h6-7,9,15H,2-5H2,1H3. The minimum atomic E-state index is -3.15. The molecule has 1 aliphatic heterocycles. The van der Waals surface area contributed by atoms with E-state index in [2.05, 4.69) is 9.71 Å². The van der Waals surface area contributed by atoms with Gasteiger partial charge in [0.2, 0.25) is 10.0 Å². The first-order valence-corrected chi connectivity index (χ1v) is 8.53. The Balaban J connectivity index is 2.00. The SMILES string of the molecule is CS(=O)(=O)NC1CCN(c2ncc(Cl)cc2Cl)CC1. The quantitative estimate of drug-likeness (QED) is 0.922. The summed E-state index contributed by atoms with van der Waals surface area (Å²) >= 11 is 11.9. The van der Waals surface area contributed by atoms with Crippen molar-refractivity contribution in [3.8, 4) is 0 Å². The number of aromatic nitrogens is 1. The lowest BCUT2D eigenvalue weighted by atomic mass is 10.1. The molecule has 0 aliphatic carbocycles. The number of anilines is 1. The normalized spacial score (nSPS) is 17.7. The van der Waals surface area contributed by atoms with Crippen molar-refractivity contribution in [2.24, 2.45) is 0 Å². The molecule has 1 aromatic heterocycles. The Bertz CT molecular complexity index is 557. The van der Waals surface area contributed by atoms with Gasteiger partial charge in [0.1, 0.15) is 5.82 Å². The fourth-order valence-electron chi connectivity index (χ4n) is 2.15.